The van der Waals surface area contributed by atoms with Crippen molar-refractivity contribution in [3.8, 4) is 0 Å². The molecule has 0 aliphatic rings. The summed E-state index contributed by atoms with van der Waals surface area (Å²) in [6.07, 6.45) is 1.93. The first-order valence-electron chi connectivity index (χ1n) is 5.18. The summed E-state index contributed by atoms with van der Waals surface area (Å²) >= 11 is 4.88. The van der Waals surface area contributed by atoms with Crippen molar-refractivity contribution in [2.24, 2.45) is 0 Å². The largest absolute Gasteiger partial charge is 0.385 e. The van der Waals surface area contributed by atoms with Crippen LogP contribution in [0.3, 0.4) is 0 Å². The maximum absolute atomic E-state index is 11.7. The van der Waals surface area contributed by atoms with Crippen molar-refractivity contribution in [1.29, 1.82) is 0 Å². The van der Waals surface area contributed by atoms with Crippen molar-refractivity contribution >= 4 is 33.2 Å². The van der Waals surface area contributed by atoms with Gasteiger partial charge >= 0.3 is 0 Å². The lowest BCUT2D eigenvalue weighted by molar-refractivity contribution is 0.0955. The minimum Gasteiger partial charge on any atom is -0.385 e. The first-order valence-corrected chi connectivity index (χ1v) is 6.79. The Hall–Kier alpha value is -0.390. The van der Waals surface area contributed by atoms with Crippen molar-refractivity contribution in [1.82, 2.24) is 5.32 Å². The zero-order chi connectivity index (χ0) is 12.0. The number of amides is 1. The molecular formula is C11H16BrNO2S. The van der Waals surface area contributed by atoms with Crippen molar-refractivity contribution in [2.75, 3.05) is 20.3 Å². The smallest absolute Gasteiger partial charge is 0.261 e. The van der Waals surface area contributed by atoms with E-state index in [1.807, 2.05) is 13.0 Å². The molecule has 90 valence electrons. The van der Waals surface area contributed by atoms with Gasteiger partial charge in [0, 0.05) is 20.3 Å². The highest BCUT2D eigenvalue weighted by molar-refractivity contribution is 9.11. The molecule has 0 fully saturated rings. The molecule has 1 aromatic heterocycles. The highest BCUT2D eigenvalue weighted by atomic mass is 79.9. The van der Waals surface area contributed by atoms with E-state index < -0.39 is 0 Å². The summed E-state index contributed by atoms with van der Waals surface area (Å²) in [6, 6.07) is 1.90. The molecule has 0 spiro atoms. The number of hydrogen-bond donors (Lipinski definition) is 1. The zero-order valence-corrected chi connectivity index (χ0v) is 11.9. The topological polar surface area (TPSA) is 38.3 Å². The van der Waals surface area contributed by atoms with Gasteiger partial charge in [-0.1, -0.05) is 0 Å². The molecule has 1 heterocycles. The van der Waals surface area contributed by atoms with Gasteiger partial charge in [-0.3, -0.25) is 4.79 Å². The van der Waals surface area contributed by atoms with Gasteiger partial charge in [0.05, 0.1) is 8.66 Å². The van der Waals surface area contributed by atoms with Crippen LogP contribution < -0.4 is 5.32 Å². The van der Waals surface area contributed by atoms with E-state index in [1.54, 1.807) is 7.11 Å². The fourth-order valence-electron chi connectivity index (χ4n) is 1.23. The summed E-state index contributed by atoms with van der Waals surface area (Å²) in [5.74, 6) is 0.0104. The third-order valence-corrected chi connectivity index (χ3v) is 4.28. The first-order chi connectivity index (χ1) is 7.65. The second-order valence-corrected chi connectivity index (χ2v) is 5.89. The number of rotatable bonds is 6. The van der Waals surface area contributed by atoms with Crippen molar-refractivity contribution < 1.29 is 9.53 Å². The fourth-order valence-corrected chi connectivity index (χ4v) is 2.68. The quantitative estimate of drug-likeness (QED) is 0.821. The zero-order valence-electron chi connectivity index (χ0n) is 9.51. The van der Waals surface area contributed by atoms with Crippen LogP contribution in [0.5, 0.6) is 0 Å². The van der Waals surface area contributed by atoms with E-state index in [9.17, 15) is 4.79 Å². The van der Waals surface area contributed by atoms with Gasteiger partial charge in [-0.15, -0.1) is 11.3 Å². The molecule has 0 aliphatic heterocycles. The number of carbonyl (C=O) groups excluding carboxylic acids is 1. The number of unbranched alkanes of at least 4 members (excludes halogenated alkanes) is 1. The summed E-state index contributed by atoms with van der Waals surface area (Å²) < 4.78 is 5.96. The Kier molecular flexibility index (Phi) is 6.01. The van der Waals surface area contributed by atoms with E-state index in [1.165, 1.54) is 11.3 Å². The first kappa shape index (κ1) is 13.7. The number of aryl methyl sites for hydroxylation is 1. The van der Waals surface area contributed by atoms with Crippen molar-refractivity contribution in [3.63, 3.8) is 0 Å². The van der Waals surface area contributed by atoms with E-state index in [0.717, 1.165) is 33.7 Å². The molecule has 1 rings (SSSR count). The lowest BCUT2D eigenvalue weighted by atomic mass is 10.3. The number of thiophene rings is 1. The molecule has 0 radical (unpaired) electrons. The summed E-state index contributed by atoms with van der Waals surface area (Å²) in [5, 5.41) is 2.89. The van der Waals surface area contributed by atoms with Crippen LogP contribution in [0.1, 0.15) is 28.1 Å². The van der Waals surface area contributed by atoms with Crippen LogP contribution in [-0.4, -0.2) is 26.2 Å². The van der Waals surface area contributed by atoms with Gasteiger partial charge in [0.15, 0.2) is 0 Å². The number of halogens is 1. The lowest BCUT2D eigenvalue weighted by Gasteiger charge is -2.02. The fraction of sp³-hybridized carbons (Fsp3) is 0.545. The van der Waals surface area contributed by atoms with Crippen LogP contribution >= 0.6 is 27.3 Å². The Morgan fingerprint density at radius 1 is 1.56 bits per heavy atom. The predicted octanol–water partition coefficient (Wildman–Crippen LogP) is 2.98. The monoisotopic (exact) mass is 305 g/mol. The average molecular weight is 306 g/mol. The number of nitrogens with one attached hydrogen (secondary N) is 1. The third kappa shape index (κ3) is 4.23. The van der Waals surface area contributed by atoms with E-state index in [-0.39, 0.29) is 5.91 Å². The van der Waals surface area contributed by atoms with E-state index >= 15 is 0 Å². The lowest BCUT2D eigenvalue weighted by Crippen LogP contribution is -2.23. The third-order valence-electron chi connectivity index (χ3n) is 2.14. The Morgan fingerprint density at radius 3 is 2.88 bits per heavy atom. The molecule has 0 unspecified atom stereocenters. The van der Waals surface area contributed by atoms with Gasteiger partial charge in [0.2, 0.25) is 0 Å². The SMILES string of the molecule is COCCCCNC(=O)c1cc(C)c(Br)s1. The molecule has 1 aromatic rings. The highest BCUT2D eigenvalue weighted by Gasteiger charge is 2.10. The second-order valence-electron chi connectivity index (χ2n) is 3.52. The Balaban J connectivity index is 2.30. The standard InChI is InChI=1S/C11H16BrNO2S/c1-8-7-9(16-10(8)12)11(14)13-5-3-4-6-15-2/h7H,3-6H2,1-2H3,(H,13,14). The van der Waals surface area contributed by atoms with Crippen LogP contribution in [0.15, 0.2) is 9.85 Å². The molecule has 5 heteroatoms. The van der Waals surface area contributed by atoms with Gasteiger partial charge in [0.1, 0.15) is 0 Å². The Bertz CT molecular complexity index is 332. The summed E-state index contributed by atoms with van der Waals surface area (Å²) in [6.45, 7) is 3.44. The number of hydrogen-bond acceptors (Lipinski definition) is 3. The molecule has 0 saturated carbocycles. The van der Waals surface area contributed by atoms with Crippen LogP contribution in [0, 0.1) is 6.92 Å². The summed E-state index contributed by atoms with van der Waals surface area (Å²) in [7, 11) is 1.69. The maximum Gasteiger partial charge on any atom is 0.261 e. The van der Waals surface area contributed by atoms with Crippen LogP contribution in [-0.2, 0) is 4.74 Å². The second kappa shape index (κ2) is 7.04. The highest BCUT2D eigenvalue weighted by Crippen LogP contribution is 2.27. The van der Waals surface area contributed by atoms with Gasteiger partial charge in [-0.05, 0) is 47.3 Å². The van der Waals surface area contributed by atoms with Gasteiger partial charge in [-0.25, -0.2) is 0 Å². The number of methoxy groups -OCH3 is 1. The maximum atomic E-state index is 11.7. The molecule has 16 heavy (non-hydrogen) atoms. The molecule has 0 aliphatic carbocycles. The molecule has 3 nitrogen and oxygen atoms in total. The normalized spacial score (nSPS) is 10.4. The van der Waals surface area contributed by atoms with E-state index in [0.29, 0.717) is 6.54 Å². The van der Waals surface area contributed by atoms with Crippen molar-refractivity contribution in [3.05, 3.63) is 20.3 Å². The minimum atomic E-state index is 0.0104. The molecule has 0 saturated heterocycles. The van der Waals surface area contributed by atoms with E-state index in [2.05, 4.69) is 21.2 Å². The number of carbonyl (C=O) groups is 1. The van der Waals surface area contributed by atoms with Crippen LogP contribution in [0.4, 0.5) is 0 Å². The molecular weight excluding hydrogens is 290 g/mol. The van der Waals surface area contributed by atoms with Crippen molar-refractivity contribution in [2.45, 2.75) is 19.8 Å². The van der Waals surface area contributed by atoms with Crippen LogP contribution in [0.2, 0.25) is 0 Å². The Morgan fingerprint density at radius 2 is 2.31 bits per heavy atom. The molecule has 0 bridgehead atoms. The average Bonchev–Trinajstić information content (AvgIpc) is 2.59. The van der Waals surface area contributed by atoms with Crippen LogP contribution in [0.25, 0.3) is 0 Å². The van der Waals surface area contributed by atoms with Gasteiger partial charge < -0.3 is 10.1 Å². The molecule has 1 N–H and O–H groups in total. The van der Waals surface area contributed by atoms with Gasteiger partial charge in [0.25, 0.3) is 5.91 Å². The summed E-state index contributed by atoms with van der Waals surface area (Å²) in [5.41, 5.74) is 1.11. The Labute approximate surface area is 108 Å². The number of ether oxygens (including phenoxy) is 1. The predicted molar refractivity (Wildman–Crippen MR) is 70.2 cm³/mol. The van der Waals surface area contributed by atoms with Gasteiger partial charge in [-0.2, -0.15) is 0 Å². The molecule has 1 amide bonds. The molecule has 0 aromatic carbocycles. The summed E-state index contributed by atoms with van der Waals surface area (Å²) in [4.78, 5) is 12.5. The minimum absolute atomic E-state index is 0.0104. The molecule has 0 atom stereocenters. The van der Waals surface area contributed by atoms with E-state index in [4.69, 9.17) is 4.74 Å².